The standard InChI is InChI=1S/C21H22ClNO3/c22-21-11-5-4-7-17(21)13-23(15-20-10-6-12-25-20)14-18(24)16-26-19-8-2-1-3-9-19/h1-12,18,24H,13-16H2. The lowest BCUT2D eigenvalue weighted by molar-refractivity contribution is 0.0605. The molecular weight excluding hydrogens is 350 g/mol. The van der Waals surface area contributed by atoms with Crippen molar-refractivity contribution in [3.8, 4) is 5.75 Å². The molecule has 0 aliphatic heterocycles. The molecule has 5 heteroatoms. The summed E-state index contributed by atoms with van der Waals surface area (Å²) >= 11 is 6.29. The fraction of sp³-hybridized carbons (Fsp3) is 0.238. The van der Waals surface area contributed by atoms with Crippen molar-refractivity contribution in [3.63, 3.8) is 0 Å². The predicted octanol–water partition coefficient (Wildman–Crippen LogP) is 4.38. The Kier molecular flexibility index (Phi) is 6.72. The summed E-state index contributed by atoms with van der Waals surface area (Å²) in [6.45, 7) is 1.86. The molecule has 0 bridgehead atoms. The average Bonchev–Trinajstić information content (AvgIpc) is 3.16. The predicted molar refractivity (Wildman–Crippen MR) is 102 cm³/mol. The van der Waals surface area contributed by atoms with Crippen LogP contribution in [0.4, 0.5) is 0 Å². The van der Waals surface area contributed by atoms with E-state index in [-0.39, 0.29) is 6.61 Å². The minimum atomic E-state index is -0.632. The number of hydrogen-bond donors (Lipinski definition) is 1. The van der Waals surface area contributed by atoms with E-state index in [9.17, 15) is 5.11 Å². The van der Waals surface area contributed by atoms with E-state index < -0.39 is 6.10 Å². The minimum absolute atomic E-state index is 0.223. The van der Waals surface area contributed by atoms with E-state index in [0.717, 1.165) is 17.1 Å². The number of rotatable bonds is 9. The first-order valence-corrected chi connectivity index (χ1v) is 8.92. The van der Waals surface area contributed by atoms with Crippen LogP contribution >= 0.6 is 11.6 Å². The van der Waals surface area contributed by atoms with Crippen molar-refractivity contribution in [2.24, 2.45) is 0 Å². The van der Waals surface area contributed by atoms with Crippen LogP contribution in [0.3, 0.4) is 0 Å². The van der Waals surface area contributed by atoms with Crippen LogP contribution < -0.4 is 4.74 Å². The zero-order valence-corrected chi connectivity index (χ0v) is 15.2. The van der Waals surface area contributed by atoms with Crippen LogP contribution in [-0.4, -0.2) is 29.3 Å². The Balaban J connectivity index is 1.61. The van der Waals surface area contributed by atoms with Crippen molar-refractivity contribution in [1.82, 2.24) is 4.90 Å². The summed E-state index contributed by atoms with van der Waals surface area (Å²) in [6, 6.07) is 21.0. The largest absolute Gasteiger partial charge is 0.491 e. The second-order valence-corrected chi connectivity index (χ2v) is 6.53. The van der Waals surface area contributed by atoms with Gasteiger partial charge in [0.25, 0.3) is 0 Å². The van der Waals surface area contributed by atoms with Crippen molar-refractivity contribution < 1.29 is 14.3 Å². The van der Waals surface area contributed by atoms with Crippen LogP contribution in [0.25, 0.3) is 0 Å². The molecule has 1 atom stereocenters. The highest BCUT2D eigenvalue weighted by molar-refractivity contribution is 6.31. The fourth-order valence-electron chi connectivity index (χ4n) is 2.74. The maximum Gasteiger partial charge on any atom is 0.119 e. The van der Waals surface area contributed by atoms with Gasteiger partial charge in [-0.25, -0.2) is 0 Å². The van der Waals surface area contributed by atoms with Gasteiger partial charge in [0.15, 0.2) is 0 Å². The van der Waals surface area contributed by atoms with Crippen LogP contribution in [0, 0.1) is 0 Å². The first-order chi connectivity index (χ1) is 12.7. The zero-order chi connectivity index (χ0) is 18.2. The van der Waals surface area contributed by atoms with Crippen molar-refractivity contribution in [2.45, 2.75) is 19.2 Å². The molecule has 1 unspecified atom stereocenters. The van der Waals surface area contributed by atoms with Crippen molar-refractivity contribution in [3.05, 3.63) is 89.3 Å². The molecule has 1 heterocycles. The molecule has 1 N–H and O–H groups in total. The Morgan fingerprint density at radius 3 is 2.46 bits per heavy atom. The summed E-state index contributed by atoms with van der Waals surface area (Å²) in [5.74, 6) is 1.59. The monoisotopic (exact) mass is 371 g/mol. The Morgan fingerprint density at radius 2 is 1.73 bits per heavy atom. The van der Waals surface area contributed by atoms with Crippen molar-refractivity contribution >= 4 is 11.6 Å². The number of halogens is 1. The topological polar surface area (TPSA) is 45.8 Å². The van der Waals surface area contributed by atoms with E-state index in [1.807, 2.05) is 66.7 Å². The van der Waals surface area contributed by atoms with Gasteiger partial charge >= 0.3 is 0 Å². The van der Waals surface area contributed by atoms with Crippen LogP contribution in [0.5, 0.6) is 5.75 Å². The molecule has 0 aliphatic rings. The van der Waals surface area contributed by atoms with E-state index in [1.54, 1.807) is 6.26 Å². The highest BCUT2D eigenvalue weighted by Crippen LogP contribution is 2.19. The van der Waals surface area contributed by atoms with E-state index in [1.165, 1.54) is 0 Å². The van der Waals surface area contributed by atoms with Gasteiger partial charge in [-0.05, 0) is 35.9 Å². The summed E-state index contributed by atoms with van der Waals surface area (Å²) in [5.41, 5.74) is 1.01. The first kappa shape index (κ1) is 18.5. The maximum absolute atomic E-state index is 10.4. The maximum atomic E-state index is 10.4. The molecule has 4 nitrogen and oxygen atoms in total. The Bertz CT molecular complexity index is 777. The van der Waals surface area contributed by atoms with E-state index in [2.05, 4.69) is 4.90 Å². The molecule has 3 aromatic rings. The molecule has 1 aromatic heterocycles. The van der Waals surface area contributed by atoms with Gasteiger partial charge in [0.1, 0.15) is 24.2 Å². The van der Waals surface area contributed by atoms with Gasteiger partial charge in [-0.1, -0.05) is 48.0 Å². The van der Waals surface area contributed by atoms with Gasteiger partial charge in [0.05, 0.1) is 12.8 Å². The molecule has 0 radical (unpaired) electrons. The van der Waals surface area contributed by atoms with Gasteiger partial charge in [-0.15, -0.1) is 0 Å². The van der Waals surface area contributed by atoms with Crippen LogP contribution in [0.1, 0.15) is 11.3 Å². The lowest BCUT2D eigenvalue weighted by atomic mass is 10.2. The first-order valence-electron chi connectivity index (χ1n) is 8.55. The molecule has 0 saturated carbocycles. The summed E-state index contributed by atoms with van der Waals surface area (Å²) < 4.78 is 11.1. The van der Waals surface area contributed by atoms with Gasteiger partial charge in [-0.2, -0.15) is 0 Å². The lowest BCUT2D eigenvalue weighted by Crippen LogP contribution is -2.35. The number of hydrogen-bond acceptors (Lipinski definition) is 4. The van der Waals surface area contributed by atoms with Crippen molar-refractivity contribution in [1.29, 1.82) is 0 Å². The normalized spacial score (nSPS) is 12.3. The van der Waals surface area contributed by atoms with Gasteiger partial charge in [0.2, 0.25) is 0 Å². The third kappa shape index (κ3) is 5.63. The Morgan fingerprint density at radius 1 is 0.962 bits per heavy atom. The zero-order valence-electron chi connectivity index (χ0n) is 14.4. The Hall–Kier alpha value is -2.27. The summed E-state index contributed by atoms with van der Waals surface area (Å²) in [5, 5.41) is 11.1. The Labute approximate surface area is 158 Å². The van der Waals surface area contributed by atoms with Crippen LogP contribution in [0.15, 0.2) is 77.4 Å². The minimum Gasteiger partial charge on any atom is -0.491 e. The lowest BCUT2D eigenvalue weighted by Gasteiger charge is -2.25. The van der Waals surface area contributed by atoms with Crippen LogP contribution in [-0.2, 0) is 13.1 Å². The summed E-state index contributed by atoms with van der Waals surface area (Å²) in [6.07, 6.45) is 1.02. The number of furan rings is 1. The number of nitrogens with zero attached hydrogens (tertiary/aromatic N) is 1. The molecule has 0 saturated heterocycles. The third-order valence-corrected chi connectivity index (χ3v) is 4.33. The summed E-state index contributed by atoms with van der Waals surface area (Å²) in [4.78, 5) is 2.10. The summed E-state index contributed by atoms with van der Waals surface area (Å²) in [7, 11) is 0. The van der Waals surface area contributed by atoms with Gasteiger partial charge in [0, 0.05) is 18.1 Å². The number of benzene rings is 2. The number of ether oxygens (including phenoxy) is 1. The smallest absolute Gasteiger partial charge is 0.119 e. The van der Waals surface area contributed by atoms with E-state index >= 15 is 0 Å². The average molecular weight is 372 g/mol. The van der Waals surface area contributed by atoms with E-state index in [0.29, 0.717) is 24.7 Å². The number of para-hydroxylation sites is 1. The molecule has 0 aliphatic carbocycles. The second-order valence-electron chi connectivity index (χ2n) is 6.12. The molecule has 0 spiro atoms. The van der Waals surface area contributed by atoms with Gasteiger partial charge < -0.3 is 14.3 Å². The number of aliphatic hydroxyl groups excluding tert-OH is 1. The SMILES string of the molecule is OC(COc1ccccc1)CN(Cc1ccco1)Cc1ccccc1Cl. The number of aliphatic hydroxyl groups is 1. The third-order valence-electron chi connectivity index (χ3n) is 3.97. The van der Waals surface area contributed by atoms with Gasteiger partial charge in [-0.3, -0.25) is 4.90 Å². The quantitative estimate of drug-likeness (QED) is 0.606. The molecule has 136 valence electrons. The molecule has 0 amide bonds. The second kappa shape index (κ2) is 9.43. The highest BCUT2D eigenvalue weighted by atomic mass is 35.5. The molecule has 3 rings (SSSR count). The van der Waals surface area contributed by atoms with Crippen molar-refractivity contribution in [2.75, 3.05) is 13.2 Å². The molecule has 2 aromatic carbocycles. The fourth-order valence-corrected chi connectivity index (χ4v) is 2.93. The molecule has 0 fully saturated rings. The highest BCUT2D eigenvalue weighted by Gasteiger charge is 2.16. The molecule has 26 heavy (non-hydrogen) atoms. The van der Waals surface area contributed by atoms with Crippen LogP contribution in [0.2, 0.25) is 5.02 Å². The van der Waals surface area contributed by atoms with E-state index in [4.69, 9.17) is 20.8 Å². The molecular formula is C21H22ClNO3.